The van der Waals surface area contributed by atoms with Crippen LogP contribution in [0.25, 0.3) is 0 Å². The molecule has 0 atom stereocenters. The van der Waals surface area contributed by atoms with Gasteiger partial charge in [-0.05, 0) is 6.92 Å². The second kappa shape index (κ2) is 3.92. The maximum Gasteiger partial charge on any atom is 0.389 e. The summed E-state index contributed by atoms with van der Waals surface area (Å²) in [6, 6.07) is 0. The minimum atomic E-state index is -4.30. The zero-order valence-electron chi connectivity index (χ0n) is 7.76. The average Bonchev–Trinajstić information content (AvgIpc) is 2.42. The Balaban J connectivity index is 2.72. The molecular weight excluding hydrogens is 215 g/mol. The SMILES string of the molecule is Cc1nc(CCC(F)(F)F)oc1C(=O)O. The summed E-state index contributed by atoms with van der Waals surface area (Å²) in [5, 5.41) is 8.55. The maximum atomic E-state index is 11.8. The second-order valence-electron chi connectivity index (χ2n) is 2.94. The highest BCUT2D eigenvalue weighted by Gasteiger charge is 2.28. The normalized spacial score (nSPS) is 11.7. The number of carbonyl (C=O) groups is 1. The van der Waals surface area contributed by atoms with Crippen LogP contribution in [-0.4, -0.2) is 22.2 Å². The van der Waals surface area contributed by atoms with E-state index in [9.17, 15) is 18.0 Å². The van der Waals surface area contributed by atoms with Crippen molar-refractivity contribution in [3.63, 3.8) is 0 Å². The number of oxazole rings is 1. The predicted octanol–water partition coefficient (Wildman–Crippen LogP) is 2.18. The molecule has 0 saturated carbocycles. The fourth-order valence-corrected chi connectivity index (χ4v) is 1.01. The summed E-state index contributed by atoms with van der Waals surface area (Å²) in [5.41, 5.74) is 0.0830. The van der Waals surface area contributed by atoms with Gasteiger partial charge in [0.1, 0.15) is 0 Å². The van der Waals surface area contributed by atoms with Crippen molar-refractivity contribution in [1.29, 1.82) is 0 Å². The van der Waals surface area contributed by atoms with Crippen LogP contribution in [-0.2, 0) is 6.42 Å². The molecule has 1 aromatic heterocycles. The van der Waals surface area contributed by atoms with E-state index in [0.29, 0.717) is 0 Å². The van der Waals surface area contributed by atoms with Crippen LogP contribution in [0.4, 0.5) is 13.2 Å². The third kappa shape index (κ3) is 3.26. The smallest absolute Gasteiger partial charge is 0.389 e. The summed E-state index contributed by atoms with van der Waals surface area (Å²) in [4.78, 5) is 14.1. The molecule has 84 valence electrons. The Hall–Kier alpha value is -1.53. The van der Waals surface area contributed by atoms with E-state index in [1.54, 1.807) is 0 Å². The molecule has 0 radical (unpaired) electrons. The molecule has 7 heteroatoms. The van der Waals surface area contributed by atoms with E-state index in [1.807, 2.05) is 0 Å². The van der Waals surface area contributed by atoms with Crippen LogP contribution in [0.1, 0.15) is 28.6 Å². The second-order valence-corrected chi connectivity index (χ2v) is 2.94. The monoisotopic (exact) mass is 223 g/mol. The lowest BCUT2D eigenvalue weighted by Gasteiger charge is -2.02. The van der Waals surface area contributed by atoms with Crippen molar-refractivity contribution in [2.75, 3.05) is 0 Å². The van der Waals surface area contributed by atoms with Crippen molar-refractivity contribution in [2.24, 2.45) is 0 Å². The zero-order valence-corrected chi connectivity index (χ0v) is 7.76. The lowest BCUT2D eigenvalue weighted by molar-refractivity contribution is -0.134. The molecule has 1 rings (SSSR count). The minimum absolute atomic E-state index is 0.0830. The summed E-state index contributed by atoms with van der Waals surface area (Å²) >= 11 is 0. The minimum Gasteiger partial charge on any atom is -0.475 e. The summed E-state index contributed by atoms with van der Waals surface area (Å²) in [6.45, 7) is 1.37. The third-order valence-electron chi connectivity index (χ3n) is 1.66. The average molecular weight is 223 g/mol. The molecule has 0 aliphatic carbocycles. The summed E-state index contributed by atoms with van der Waals surface area (Å²) in [5.74, 6) is -1.95. The third-order valence-corrected chi connectivity index (χ3v) is 1.66. The standard InChI is InChI=1S/C8H8F3NO3/c1-4-6(7(13)14)15-5(12-4)2-3-8(9,10)11/h2-3H2,1H3,(H,13,14). The van der Waals surface area contributed by atoms with E-state index < -0.39 is 30.7 Å². The Labute approximate surface area is 82.7 Å². The van der Waals surface area contributed by atoms with Gasteiger partial charge in [-0.15, -0.1) is 0 Å². The molecule has 0 unspecified atom stereocenters. The lowest BCUT2D eigenvalue weighted by Crippen LogP contribution is -2.08. The van der Waals surface area contributed by atoms with Gasteiger partial charge in [-0.25, -0.2) is 9.78 Å². The van der Waals surface area contributed by atoms with Gasteiger partial charge in [-0.3, -0.25) is 0 Å². The molecule has 0 bridgehead atoms. The molecule has 0 saturated heterocycles. The van der Waals surface area contributed by atoms with E-state index in [2.05, 4.69) is 9.40 Å². The first-order valence-electron chi connectivity index (χ1n) is 4.06. The highest BCUT2D eigenvalue weighted by Crippen LogP contribution is 2.22. The molecule has 15 heavy (non-hydrogen) atoms. The van der Waals surface area contributed by atoms with Crippen molar-refractivity contribution in [2.45, 2.75) is 25.9 Å². The highest BCUT2D eigenvalue weighted by molar-refractivity contribution is 5.85. The number of nitrogens with zero attached hydrogens (tertiary/aromatic N) is 1. The molecule has 0 aliphatic rings. The molecule has 0 aliphatic heterocycles. The Morgan fingerprint density at radius 1 is 1.53 bits per heavy atom. The van der Waals surface area contributed by atoms with Crippen LogP contribution in [0.5, 0.6) is 0 Å². The number of carboxylic acids is 1. The number of alkyl halides is 3. The molecule has 0 amide bonds. The van der Waals surface area contributed by atoms with Gasteiger partial charge in [0, 0.05) is 6.42 Å². The van der Waals surface area contributed by atoms with Gasteiger partial charge in [-0.1, -0.05) is 0 Å². The van der Waals surface area contributed by atoms with E-state index in [0.717, 1.165) is 0 Å². The number of hydrogen-bond acceptors (Lipinski definition) is 3. The summed E-state index contributed by atoms with van der Waals surface area (Å²) in [6.07, 6.45) is -5.82. The van der Waals surface area contributed by atoms with Gasteiger partial charge >= 0.3 is 12.1 Å². The molecule has 0 spiro atoms. The van der Waals surface area contributed by atoms with E-state index in [4.69, 9.17) is 5.11 Å². The Morgan fingerprint density at radius 2 is 2.13 bits per heavy atom. The Bertz CT molecular complexity index is 370. The van der Waals surface area contributed by atoms with E-state index in [1.165, 1.54) is 6.92 Å². The van der Waals surface area contributed by atoms with Crippen molar-refractivity contribution >= 4 is 5.97 Å². The highest BCUT2D eigenvalue weighted by atomic mass is 19.4. The number of halogens is 3. The van der Waals surface area contributed by atoms with Crippen LogP contribution in [0.3, 0.4) is 0 Å². The molecule has 0 fully saturated rings. The van der Waals surface area contributed by atoms with Gasteiger partial charge in [0.15, 0.2) is 5.89 Å². The molecule has 1 N–H and O–H groups in total. The predicted molar refractivity (Wildman–Crippen MR) is 42.6 cm³/mol. The van der Waals surface area contributed by atoms with Gasteiger partial charge in [0.2, 0.25) is 5.76 Å². The van der Waals surface area contributed by atoms with Crippen molar-refractivity contribution in [1.82, 2.24) is 4.98 Å². The first-order valence-corrected chi connectivity index (χ1v) is 4.06. The maximum absolute atomic E-state index is 11.8. The summed E-state index contributed by atoms with van der Waals surface area (Å²) < 4.78 is 40.1. The fraction of sp³-hybridized carbons (Fsp3) is 0.500. The Kier molecular flexibility index (Phi) is 3.01. The quantitative estimate of drug-likeness (QED) is 0.852. The largest absolute Gasteiger partial charge is 0.475 e. The van der Waals surface area contributed by atoms with Crippen LogP contribution < -0.4 is 0 Å². The number of rotatable bonds is 3. The van der Waals surface area contributed by atoms with Gasteiger partial charge in [0.25, 0.3) is 0 Å². The number of aromatic carboxylic acids is 1. The fourth-order valence-electron chi connectivity index (χ4n) is 1.01. The first kappa shape index (κ1) is 11.5. The molecule has 4 nitrogen and oxygen atoms in total. The Morgan fingerprint density at radius 3 is 2.53 bits per heavy atom. The number of aromatic nitrogens is 1. The molecule has 1 heterocycles. The van der Waals surface area contributed by atoms with E-state index >= 15 is 0 Å². The molecule has 0 aromatic carbocycles. The molecule has 1 aromatic rings. The lowest BCUT2D eigenvalue weighted by atomic mass is 10.3. The van der Waals surface area contributed by atoms with Gasteiger partial charge in [-0.2, -0.15) is 13.2 Å². The summed E-state index contributed by atoms with van der Waals surface area (Å²) in [7, 11) is 0. The number of carboxylic acid groups (broad SMARTS) is 1. The molecular formula is C8H8F3NO3. The topological polar surface area (TPSA) is 63.3 Å². The van der Waals surface area contributed by atoms with Crippen molar-refractivity contribution < 1.29 is 27.5 Å². The van der Waals surface area contributed by atoms with Crippen LogP contribution in [0.2, 0.25) is 0 Å². The zero-order chi connectivity index (χ0) is 11.6. The van der Waals surface area contributed by atoms with E-state index in [-0.39, 0.29) is 11.6 Å². The first-order chi connectivity index (χ1) is 6.79. The van der Waals surface area contributed by atoms with Crippen LogP contribution in [0.15, 0.2) is 4.42 Å². The van der Waals surface area contributed by atoms with Gasteiger partial charge < -0.3 is 9.52 Å². The van der Waals surface area contributed by atoms with Crippen LogP contribution >= 0.6 is 0 Å². The van der Waals surface area contributed by atoms with Crippen molar-refractivity contribution in [3.8, 4) is 0 Å². The van der Waals surface area contributed by atoms with Gasteiger partial charge in [0.05, 0.1) is 12.1 Å². The van der Waals surface area contributed by atoms with Crippen LogP contribution in [0, 0.1) is 6.92 Å². The number of hydrogen-bond donors (Lipinski definition) is 1. The number of aryl methyl sites for hydroxylation is 2. The van der Waals surface area contributed by atoms with Crippen molar-refractivity contribution in [3.05, 3.63) is 17.3 Å².